The van der Waals surface area contributed by atoms with Crippen LogP contribution in [0.4, 0.5) is 31.5 Å². The molecule has 5 aromatic rings. The molecule has 4 N–H and O–H groups in total. The van der Waals surface area contributed by atoms with Crippen molar-refractivity contribution in [2.75, 3.05) is 24.3 Å². The summed E-state index contributed by atoms with van der Waals surface area (Å²) in [5, 5.41) is 30.7. The minimum atomic E-state index is -0.893. The molecule has 1 atom stereocenters. The fraction of sp³-hybridized carbons (Fsp3) is 0.158. The SMILES string of the molecule is COc1cc(-c2ccc3c(c2)Nc2ccc(C(C)(CCc4c(F)cccc4F)CNC(=O)c4ccccc4O)cc2NC3=O)ccc1[N+](=O)[O-]. The van der Waals surface area contributed by atoms with Crippen LogP contribution in [0.25, 0.3) is 11.1 Å². The lowest BCUT2D eigenvalue weighted by atomic mass is 9.77. The number of amides is 2. The maximum absolute atomic E-state index is 14.6. The largest absolute Gasteiger partial charge is 0.507 e. The molecule has 0 spiro atoms. The number of fused-ring (bicyclic) bond motifs is 2. The van der Waals surface area contributed by atoms with Crippen LogP contribution in [0.2, 0.25) is 0 Å². The Balaban J connectivity index is 1.32. The first-order valence-electron chi connectivity index (χ1n) is 15.7. The van der Waals surface area contributed by atoms with Gasteiger partial charge in [-0.15, -0.1) is 0 Å². The normalized spacial score (nSPS) is 13.1. The molecule has 1 aliphatic rings. The summed E-state index contributed by atoms with van der Waals surface area (Å²) in [7, 11) is 1.35. The zero-order valence-corrected chi connectivity index (χ0v) is 27.1. The van der Waals surface area contributed by atoms with Gasteiger partial charge in [0.15, 0.2) is 5.75 Å². The number of ether oxygens (including phenoxy) is 1. The molecule has 50 heavy (non-hydrogen) atoms. The highest BCUT2D eigenvalue weighted by Gasteiger charge is 2.31. The van der Waals surface area contributed by atoms with Crippen molar-refractivity contribution < 1.29 is 33.1 Å². The maximum Gasteiger partial charge on any atom is 0.310 e. The molecule has 0 fully saturated rings. The molecule has 10 nitrogen and oxygen atoms in total. The summed E-state index contributed by atoms with van der Waals surface area (Å²) in [5.41, 5.74) is 2.81. The average Bonchev–Trinajstić information content (AvgIpc) is 3.24. The Morgan fingerprint density at radius 1 is 0.900 bits per heavy atom. The number of para-hydroxylation sites is 1. The molecule has 5 aromatic carbocycles. The number of nitrogens with zero attached hydrogens (tertiary/aromatic N) is 1. The summed E-state index contributed by atoms with van der Waals surface area (Å²) in [6.45, 7) is 1.89. The number of benzene rings is 5. The van der Waals surface area contributed by atoms with Gasteiger partial charge >= 0.3 is 5.69 Å². The van der Waals surface area contributed by atoms with E-state index in [9.17, 15) is 33.6 Å². The molecule has 0 aromatic heterocycles. The van der Waals surface area contributed by atoms with Gasteiger partial charge in [-0.05, 0) is 90.2 Å². The molecule has 0 saturated heterocycles. The van der Waals surface area contributed by atoms with Crippen molar-refractivity contribution in [3.8, 4) is 22.6 Å². The lowest BCUT2D eigenvalue weighted by molar-refractivity contribution is -0.385. The summed E-state index contributed by atoms with van der Waals surface area (Å²) in [4.78, 5) is 37.4. The van der Waals surface area contributed by atoms with Gasteiger partial charge in [0.1, 0.15) is 17.4 Å². The molecule has 1 heterocycles. The number of nitro groups is 1. The van der Waals surface area contributed by atoms with Gasteiger partial charge in [-0.3, -0.25) is 19.7 Å². The Morgan fingerprint density at radius 3 is 2.34 bits per heavy atom. The number of carbonyl (C=O) groups is 2. The van der Waals surface area contributed by atoms with E-state index in [2.05, 4.69) is 16.0 Å². The first kappa shape index (κ1) is 33.6. The van der Waals surface area contributed by atoms with E-state index >= 15 is 0 Å². The van der Waals surface area contributed by atoms with Crippen LogP contribution in [0.3, 0.4) is 0 Å². The molecule has 6 rings (SSSR count). The molecule has 0 bridgehead atoms. The van der Waals surface area contributed by atoms with Gasteiger partial charge in [0.2, 0.25) is 0 Å². The molecule has 0 saturated carbocycles. The Labute approximate surface area is 285 Å². The van der Waals surface area contributed by atoms with Gasteiger partial charge in [0.05, 0.1) is 40.2 Å². The Bertz CT molecular complexity index is 2140. The first-order chi connectivity index (χ1) is 24.0. The maximum atomic E-state index is 14.6. The fourth-order valence-corrected chi connectivity index (χ4v) is 6.04. The molecular weight excluding hydrogens is 646 g/mol. The molecule has 1 aliphatic heterocycles. The van der Waals surface area contributed by atoms with Crippen LogP contribution >= 0.6 is 0 Å². The minimum Gasteiger partial charge on any atom is -0.507 e. The van der Waals surface area contributed by atoms with E-state index in [1.54, 1.807) is 54.6 Å². The first-order valence-corrected chi connectivity index (χ1v) is 15.7. The summed E-state index contributed by atoms with van der Waals surface area (Å²) in [5.74, 6) is -2.34. The molecule has 254 valence electrons. The summed E-state index contributed by atoms with van der Waals surface area (Å²) >= 11 is 0. The summed E-state index contributed by atoms with van der Waals surface area (Å²) in [6, 6.07) is 24.8. The smallest absolute Gasteiger partial charge is 0.310 e. The molecular formula is C38H32F2N4O6. The minimum absolute atomic E-state index is 0.0187. The number of hydrogen-bond acceptors (Lipinski definition) is 7. The molecule has 12 heteroatoms. The third kappa shape index (κ3) is 6.68. The second-order valence-corrected chi connectivity index (χ2v) is 12.2. The number of halogens is 2. The molecule has 1 unspecified atom stereocenters. The molecule has 0 radical (unpaired) electrons. The van der Waals surface area contributed by atoms with Gasteiger partial charge in [0, 0.05) is 23.6 Å². The summed E-state index contributed by atoms with van der Waals surface area (Å²) < 4.78 is 34.5. The van der Waals surface area contributed by atoms with E-state index in [4.69, 9.17) is 4.74 Å². The lowest BCUT2D eigenvalue weighted by Crippen LogP contribution is -2.39. The highest BCUT2D eigenvalue weighted by atomic mass is 19.1. The van der Waals surface area contributed by atoms with Crippen LogP contribution < -0.4 is 20.7 Å². The van der Waals surface area contributed by atoms with Crippen LogP contribution in [0.15, 0.2) is 97.1 Å². The van der Waals surface area contributed by atoms with E-state index in [-0.39, 0.29) is 53.6 Å². The second kappa shape index (κ2) is 13.7. The van der Waals surface area contributed by atoms with Crippen LogP contribution in [-0.2, 0) is 11.8 Å². The van der Waals surface area contributed by atoms with Crippen LogP contribution in [0, 0.1) is 21.7 Å². The quantitative estimate of drug-likeness (QED) is 0.0869. The van der Waals surface area contributed by atoms with E-state index in [0.29, 0.717) is 39.3 Å². The number of phenols is 1. The Kier molecular flexibility index (Phi) is 9.18. The van der Waals surface area contributed by atoms with Gasteiger partial charge in [-0.1, -0.05) is 37.3 Å². The topological polar surface area (TPSA) is 143 Å². The number of nitrogens with one attached hydrogen (secondary N) is 3. The van der Waals surface area contributed by atoms with Crippen LogP contribution in [-0.4, -0.2) is 35.5 Å². The Hall–Kier alpha value is -6.30. The van der Waals surface area contributed by atoms with E-state index in [1.165, 1.54) is 43.5 Å². The fourth-order valence-electron chi connectivity index (χ4n) is 6.04. The predicted octanol–water partition coefficient (Wildman–Crippen LogP) is 7.88. The van der Waals surface area contributed by atoms with Gasteiger partial charge in [-0.2, -0.15) is 0 Å². The molecule has 0 aliphatic carbocycles. The zero-order chi connectivity index (χ0) is 35.6. The number of rotatable bonds is 10. The van der Waals surface area contributed by atoms with Crippen molar-refractivity contribution in [1.29, 1.82) is 0 Å². The van der Waals surface area contributed by atoms with Gasteiger partial charge in [-0.25, -0.2) is 8.78 Å². The van der Waals surface area contributed by atoms with E-state index in [0.717, 1.165) is 0 Å². The Morgan fingerprint density at radius 2 is 1.62 bits per heavy atom. The highest BCUT2D eigenvalue weighted by molar-refractivity contribution is 6.12. The number of nitro benzene ring substituents is 1. The predicted molar refractivity (Wildman–Crippen MR) is 185 cm³/mol. The number of hydrogen-bond donors (Lipinski definition) is 4. The highest BCUT2D eigenvalue weighted by Crippen LogP contribution is 2.40. The number of aromatic hydroxyl groups is 1. The van der Waals surface area contributed by atoms with Crippen LogP contribution in [0.1, 0.15) is 45.2 Å². The third-order valence-electron chi connectivity index (χ3n) is 8.98. The number of carbonyl (C=O) groups excluding carboxylic acids is 2. The monoisotopic (exact) mass is 678 g/mol. The second-order valence-electron chi connectivity index (χ2n) is 12.2. The summed E-state index contributed by atoms with van der Waals surface area (Å²) in [6.07, 6.45) is 0.235. The zero-order valence-electron chi connectivity index (χ0n) is 27.1. The standard InChI is InChI=1S/C38H32F2N4O6/c1-38(17-16-25-28(39)7-5-8-29(25)40,21-41-36(46)27-6-3-4-9-34(27)45)24-12-14-30-32(20-24)43-37(47)26-13-10-22(18-31(26)42-30)23-11-15-33(44(48)49)35(19-23)50-2/h3-15,18-20,42,45H,16-17,21H2,1-2H3,(H,41,46)(H,43,47). The number of methoxy groups -OCH3 is 1. The third-order valence-corrected chi connectivity index (χ3v) is 8.98. The van der Waals surface area contributed by atoms with E-state index in [1.807, 2.05) is 13.0 Å². The van der Waals surface area contributed by atoms with Crippen molar-refractivity contribution in [3.63, 3.8) is 0 Å². The van der Waals surface area contributed by atoms with Gasteiger partial charge < -0.3 is 25.8 Å². The van der Waals surface area contributed by atoms with Crippen molar-refractivity contribution in [2.45, 2.75) is 25.2 Å². The average molecular weight is 679 g/mol. The van der Waals surface area contributed by atoms with Crippen molar-refractivity contribution >= 4 is 34.6 Å². The van der Waals surface area contributed by atoms with Crippen molar-refractivity contribution in [3.05, 3.63) is 141 Å². The molecule has 2 amide bonds. The van der Waals surface area contributed by atoms with Crippen LogP contribution in [0.5, 0.6) is 11.5 Å². The lowest BCUT2D eigenvalue weighted by Gasteiger charge is -2.32. The number of phenolic OH excluding ortho intramolecular Hbond substituents is 1. The van der Waals surface area contributed by atoms with Gasteiger partial charge in [0.25, 0.3) is 11.8 Å². The van der Waals surface area contributed by atoms with E-state index < -0.39 is 27.9 Å². The van der Waals surface area contributed by atoms with Crippen molar-refractivity contribution in [1.82, 2.24) is 5.32 Å². The number of anilines is 3. The van der Waals surface area contributed by atoms with Crippen molar-refractivity contribution in [2.24, 2.45) is 0 Å².